The lowest BCUT2D eigenvalue weighted by molar-refractivity contribution is 0.245. The van der Waals surface area contributed by atoms with E-state index in [9.17, 15) is 5.11 Å². The van der Waals surface area contributed by atoms with Crippen molar-refractivity contribution in [3.05, 3.63) is 57.2 Å². The molecule has 0 aliphatic rings. The first-order valence-electron chi connectivity index (χ1n) is 5.42. The molecule has 1 atom stereocenters. The molecule has 0 aliphatic heterocycles. The molecule has 2 aromatic rings. The van der Waals surface area contributed by atoms with Crippen LogP contribution in [0.3, 0.4) is 0 Å². The minimum Gasteiger partial charge on any atom is -0.394 e. The van der Waals surface area contributed by atoms with E-state index in [-0.39, 0.29) is 12.6 Å². The van der Waals surface area contributed by atoms with E-state index in [1.165, 1.54) is 0 Å². The Kier molecular flexibility index (Phi) is 4.57. The van der Waals surface area contributed by atoms with Crippen LogP contribution in [0.2, 0.25) is 5.02 Å². The van der Waals surface area contributed by atoms with Crippen molar-refractivity contribution in [3.8, 4) is 0 Å². The second-order valence-electron chi connectivity index (χ2n) is 3.72. The molecule has 1 heterocycles. The Morgan fingerprint density at radius 1 is 1.24 bits per heavy atom. The number of rotatable bonds is 5. The zero-order valence-corrected chi connectivity index (χ0v) is 10.8. The molecule has 1 aromatic carbocycles. The first kappa shape index (κ1) is 12.6. The average Bonchev–Trinajstić information content (AvgIpc) is 2.86. The van der Waals surface area contributed by atoms with Gasteiger partial charge in [0.1, 0.15) is 0 Å². The maximum absolute atomic E-state index is 9.36. The summed E-state index contributed by atoms with van der Waals surface area (Å²) in [6.45, 7) is 0.744. The third-order valence-electron chi connectivity index (χ3n) is 2.57. The van der Waals surface area contributed by atoms with Crippen LogP contribution in [0.15, 0.2) is 41.8 Å². The van der Waals surface area contributed by atoms with Gasteiger partial charge in [-0.25, -0.2) is 0 Å². The molecule has 0 spiro atoms. The van der Waals surface area contributed by atoms with Crippen molar-refractivity contribution in [2.45, 2.75) is 12.6 Å². The molecule has 4 heteroatoms. The fraction of sp³-hybridized carbons (Fsp3) is 0.231. The Morgan fingerprint density at radius 3 is 2.71 bits per heavy atom. The van der Waals surface area contributed by atoms with Gasteiger partial charge in [-0.3, -0.25) is 0 Å². The van der Waals surface area contributed by atoms with Crippen molar-refractivity contribution in [1.82, 2.24) is 5.32 Å². The zero-order valence-electron chi connectivity index (χ0n) is 9.27. The largest absolute Gasteiger partial charge is 0.394 e. The van der Waals surface area contributed by atoms with E-state index in [0.29, 0.717) is 6.54 Å². The summed E-state index contributed by atoms with van der Waals surface area (Å²) in [6.07, 6.45) is 0. The molecule has 0 fully saturated rings. The summed E-state index contributed by atoms with van der Waals surface area (Å²) in [4.78, 5) is 1.14. The Hall–Kier alpha value is -0.870. The summed E-state index contributed by atoms with van der Waals surface area (Å²) in [5.74, 6) is 0. The number of halogens is 1. The lowest BCUT2D eigenvalue weighted by Gasteiger charge is -2.15. The lowest BCUT2D eigenvalue weighted by Crippen LogP contribution is -2.23. The molecule has 0 radical (unpaired) electrons. The van der Waals surface area contributed by atoms with Crippen LogP contribution < -0.4 is 5.32 Å². The van der Waals surface area contributed by atoms with E-state index >= 15 is 0 Å². The molecule has 1 unspecified atom stereocenters. The summed E-state index contributed by atoms with van der Waals surface area (Å²) >= 11 is 7.72. The monoisotopic (exact) mass is 267 g/mol. The minimum absolute atomic E-state index is 0.0220. The molecule has 2 rings (SSSR count). The van der Waals surface area contributed by atoms with E-state index < -0.39 is 0 Å². The normalized spacial score (nSPS) is 12.6. The van der Waals surface area contributed by atoms with Gasteiger partial charge in [0, 0.05) is 16.4 Å². The molecular formula is C13H14ClNOS. The maximum Gasteiger partial charge on any atom is 0.0652 e. The van der Waals surface area contributed by atoms with Crippen LogP contribution in [-0.2, 0) is 6.54 Å². The second kappa shape index (κ2) is 6.17. The van der Waals surface area contributed by atoms with Crippen molar-refractivity contribution in [2.24, 2.45) is 0 Å². The van der Waals surface area contributed by atoms with E-state index in [1.54, 1.807) is 11.3 Å². The summed E-state index contributed by atoms with van der Waals surface area (Å²) in [5, 5.41) is 15.4. The van der Waals surface area contributed by atoms with Gasteiger partial charge in [-0.1, -0.05) is 35.9 Å². The molecule has 0 saturated carbocycles. The summed E-state index contributed by atoms with van der Waals surface area (Å²) in [5.41, 5.74) is 1.05. The highest BCUT2D eigenvalue weighted by Crippen LogP contribution is 2.20. The molecule has 0 saturated heterocycles. The predicted octanol–water partition coefficient (Wildman–Crippen LogP) is 3.22. The number of aliphatic hydroxyl groups excluding tert-OH is 1. The van der Waals surface area contributed by atoms with Gasteiger partial charge < -0.3 is 10.4 Å². The zero-order chi connectivity index (χ0) is 12.1. The van der Waals surface area contributed by atoms with Gasteiger partial charge in [0.2, 0.25) is 0 Å². The van der Waals surface area contributed by atoms with Crippen molar-refractivity contribution < 1.29 is 5.11 Å². The predicted molar refractivity (Wildman–Crippen MR) is 72.4 cm³/mol. The smallest absolute Gasteiger partial charge is 0.0652 e. The number of thiophene rings is 1. The van der Waals surface area contributed by atoms with E-state index in [4.69, 9.17) is 11.6 Å². The van der Waals surface area contributed by atoms with Crippen LogP contribution in [-0.4, -0.2) is 11.7 Å². The molecule has 2 N–H and O–H groups in total. The number of aliphatic hydroxyl groups is 1. The number of nitrogens with one attached hydrogen (secondary N) is 1. The molecule has 0 aliphatic carbocycles. The number of benzene rings is 1. The molecule has 1 aromatic heterocycles. The summed E-state index contributed by atoms with van der Waals surface area (Å²) < 4.78 is 0. The van der Waals surface area contributed by atoms with Gasteiger partial charge in [0.25, 0.3) is 0 Å². The molecule has 17 heavy (non-hydrogen) atoms. The van der Waals surface area contributed by atoms with E-state index in [1.807, 2.05) is 41.8 Å². The lowest BCUT2D eigenvalue weighted by atomic mass is 10.2. The number of hydrogen-bond acceptors (Lipinski definition) is 3. The third-order valence-corrected chi connectivity index (χ3v) is 3.92. The van der Waals surface area contributed by atoms with Crippen molar-refractivity contribution in [2.75, 3.05) is 6.61 Å². The van der Waals surface area contributed by atoms with Crippen LogP contribution in [0.25, 0.3) is 0 Å². The van der Waals surface area contributed by atoms with Gasteiger partial charge >= 0.3 is 0 Å². The fourth-order valence-electron chi connectivity index (χ4n) is 1.62. The third kappa shape index (κ3) is 3.30. The molecule has 90 valence electrons. The highest BCUT2D eigenvalue weighted by Gasteiger charge is 2.11. The highest BCUT2D eigenvalue weighted by molar-refractivity contribution is 7.10. The first-order chi connectivity index (χ1) is 8.31. The maximum atomic E-state index is 9.36. The van der Waals surface area contributed by atoms with Crippen LogP contribution in [0, 0.1) is 0 Å². The Morgan fingerprint density at radius 2 is 2.06 bits per heavy atom. The van der Waals surface area contributed by atoms with Crippen molar-refractivity contribution in [1.29, 1.82) is 0 Å². The highest BCUT2D eigenvalue weighted by atomic mass is 35.5. The minimum atomic E-state index is -0.0220. The van der Waals surface area contributed by atoms with Gasteiger partial charge in [-0.2, -0.15) is 0 Å². The van der Waals surface area contributed by atoms with Crippen molar-refractivity contribution >= 4 is 22.9 Å². The Labute approximate surface area is 110 Å². The SMILES string of the molecule is OCC(NCc1ccccc1Cl)c1cccs1. The quantitative estimate of drug-likeness (QED) is 0.872. The van der Waals surface area contributed by atoms with E-state index in [0.717, 1.165) is 15.5 Å². The molecule has 2 nitrogen and oxygen atoms in total. The van der Waals surface area contributed by atoms with Crippen LogP contribution >= 0.6 is 22.9 Å². The van der Waals surface area contributed by atoms with Gasteiger partial charge in [-0.05, 0) is 23.1 Å². The van der Waals surface area contributed by atoms with Crippen molar-refractivity contribution in [3.63, 3.8) is 0 Å². The van der Waals surface area contributed by atoms with Crippen LogP contribution in [0.1, 0.15) is 16.5 Å². The topological polar surface area (TPSA) is 32.3 Å². The molecule has 0 bridgehead atoms. The van der Waals surface area contributed by atoms with Gasteiger partial charge in [-0.15, -0.1) is 11.3 Å². The van der Waals surface area contributed by atoms with Gasteiger partial charge in [0.05, 0.1) is 12.6 Å². The first-order valence-corrected chi connectivity index (χ1v) is 6.68. The number of hydrogen-bond donors (Lipinski definition) is 2. The molecular weight excluding hydrogens is 254 g/mol. The Bertz CT molecular complexity index is 458. The Balaban J connectivity index is 2.00. The van der Waals surface area contributed by atoms with Crippen LogP contribution in [0.5, 0.6) is 0 Å². The average molecular weight is 268 g/mol. The van der Waals surface area contributed by atoms with Gasteiger partial charge in [0.15, 0.2) is 0 Å². The summed E-state index contributed by atoms with van der Waals surface area (Å²) in [7, 11) is 0. The standard InChI is InChI=1S/C13H14ClNOS/c14-11-5-2-1-4-10(11)8-15-12(9-16)13-6-3-7-17-13/h1-7,12,15-16H,8-9H2. The van der Waals surface area contributed by atoms with Crippen LogP contribution in [0.4, 0.5) is 0 Å². The second-order valence-corrected chi connectivity index (χ2v) is 5.11. The van der Waals surface area contributed by atoms with E-state index in [2.05, 4.69) is 5.32 Å². The molecule has 0 amide bonds. The summed E-state index contributed by atoms with van der Waals surface area (Å²) in [6, 6.07) is 11.7. The fourth-order valence-corrected chi connectivity index (χ4v) is 2.62.